The predicted octanol–water partition coefficient (Wildman–Crippen LogP) is 1.60. The summed E-state index contributed by atoms with van der Waals surface area (Å²) in [5.41, 5.74) is -1.66. The van der Waals surface area contributed by atoms with Gasteiger partial charge >= 0.3 is 5.97 Å². The highest BCUT2D eigenvalue weighted by molar-refractivity contribution is 6.05. The van der Waals surface area contributed by atoms with Crippen LogP contribution in [0.5, 0.6) is 0 Å². The lowest BCUT2D eigenvalue weighted by Crippen LogP contribution is -2.85. The fourth-order valence-corrected chi connectivity index (χ4v) is 9.82. The zero-order chi connectivity index (χ0) is 31.9. The van der Waals surface area contributed by atoms with E-state index >= 15 is 0 Å². The number of esters is 1. The van der Waals surface area contributed by atoms with Gasteiger partial charge in [0.1, 0.15) is 23.3 Å². The Labute approximate surface area is 260 Å². The molecule has 12 nitrogen and oxygen atoms in total. The van der Waals surface area contributed by atoms with Gasteiger partial charge in [-0.1, -0.05) is 43.8 Å². The standard InChI is InChI=1S/C33H40N4O8/c1-18-21-9-10-22-31-17-44-33(43,28(42)26(31)30(2,3)14-13-23(31)38)32(22,27(18)41)29(21)45-25(40)12-11-24(39)34-15-19-16-37(36-35-19)20-7-5-4-6-8-20/h4-8,16,21-23,26,28-29,38,42-43H,1,9-15,17H2,2-3H3,(H,34,39)/t21-,22-,23-,26+,28-,29+,31+,32-,33+/m0/s1. The smallest absolute Gasteiger partial charge is 0.306 e. The molecule has 12 heteroatoms. The summed E-state index contributed by atoms with van der Waals surface area (Å²) in [6.45, 7) is 8.17. The van der Waals surface area contributed by atoms with Gasteiger partial charge in [-0.3, -0.25) is 14.4 Å². The second kappa shape index (κ2) is 10.3. The van der Waals surface area contributed by atoms with E-state index < -0.39 is 75.8 Å². The maximum Gasteiger partial charge on any atom is 0.306 e. The Bertz CT molecular complexity index is 1560. The van der Waals surface area contributed by atoms with Crippen LogP contribution in [-0.2, 0) is 30.4 Å². The van der Waals surface area contributed by atoms with Gasteiger partial charge < -0.3 is 30.1 Å². The zero-order valence-corrected chi connectivity index (χ0v) is 25.5. The van der Waals surface area contributed by atoms with Crippen LogP contribution in [0.1, 0.15) is 58.1 Å². The van der Waals surface area contributed by atoms with E-state index in [9.17, 15) is 29.7 Å². The summed E-state index contributed by atoms with van der Waals surface area (Å²) in [5, 5.41) is 46.6. The highest BCUT2D eigenvalue weighted by atomic mass is 16.6. The first-order chi connectivity index (χ1) is 21.4. The second-order valence-corrected chi connectivity index (χ2v) is 14.2. The topological polar surface area (TPSA) is 173 Å². The van der Waals surface area contributed by atoms with Crippen LogP contribution < -0.4 is 5.32 Å². The number of ketones is 1. The molecule has 8 rings (SSSR count). The van der Waals surface area contributed by atoms with Crippen molar-refractivity contribution < 1.29 is 39.2 Å². The van der Waals surface area contributed by atoms with E-state index in [2.05, 4.69) is 22.2 Å². The van der Waals surface area contributed by atoms with Gasteiger partial charge in [-0.05, 0) is 54.7 Å². The minimum Gasteiger partial charge on any atom is -0.460 e. The number of hydrogen-bond donors (Lipinski definition) is 4. The van der Waals surface area contributed by atoms with Crippen molar-refractivity contribution in [3.63, 3.8) is 0 Å². The molecule has 3 heterocycles. The Morgan fingerprint density at radius 2 is 1.91 bits per heavy atom. The number of hydrogen-bond acceptors (Lipinski definition) is 10. The molecule has 0 radical (unpaired) electrons. The first kappa shape index (κ1) is 30.2. The molecule has 45 heavy (non-hydrogen) atoms. The molecule has 4 bridgehead atoms. The highest BCUT2D eigenvalue weighted by Gasteiger charge is 2.87. The van der Waals surface area contributed by atoms with Crippen LogP contribution in [0, 0.1) is 34.0 Å². The summed E-state index contributed by atoms with van der Waals surface area (Å²) in [6, 6.07) is 9.42. The van der Waals surface area contributed by atoms with Gasteiger partial charge in [0, 0.05) is 23.7 Å². The third kappa shape index (κ3) is 4.01. The summed E-state index contributed by atoms with van der Waals surface area (Å²) in [4.78, 5) is 40.1. The van der Waals surface area contributed by atoms with E-state index in [0.29, 0.717) is 31.4 Å². The molecule has 240 valence electrons. The van der Waals surface area contributed by atoms with Gasteiger partial charge in [-0.15, -0.1) is 5.10 Å². The first-order valence-electron chi connectivity index (χ1n) is 15.8. The van der Waals surface area contributed by atoms with E-state index in [4.69, 9.17) is 9.47 Å². The summed E-state index contributed by atoms with van der Waals surface area (Å²) in [7, 11) is 0. The number of benzene rings is 1. The number of nitrogens with zero attached hydrogens (tertiary/aromatic N) is 3. The summed E-state index contributed by atoms with van der Waals surface area (Å²) in [5.74, 6) is -5.61. The SMILES string of the molecule is C=C1C(=O)[C@]23[C@H](OC(=O)CCC(=O)NCc4cn(-c5ccccc5)nn4)[C@H]1CC[C@H]2[C@@]12CO[C@]3(O)[C@@H](O)[C@@H]1C(C)(C)CC[C@@H]2O. The van der Waals surface area contributed by atoms with Crippen molar-refractivity contribution in [3.05, 3.63) is 54.4 Å². The molecule has 4 saturated carbocycles. The summed E-state index contributed by atoms with van der Waals surface area (Å²) in [6.07, 6.45) is -0.165. The molecule has 2 saturated heterocycles. The number of aromatic nitrogens is 3. The third-order valence-electron chi connectivity index (χ3n) is 11.7. The molecule has 0 unspecified atom stereocenters. The molecule has 2 aromatic rings. The molecule has 2 aliphatic heterocycles. The maximum atomic E-state index is 14.2. The normalized spacial score (nSPS) is 39.2. The van der Waals surface area contributed by atoms with E-state index in [0.717, 1.165) is 5.69 Å². The second-order valence-electron chi connectivity index (χ2n) is 14.2. The molecular formula is C33H40N4O8. The first-order valence-corrected chi connectivity index (χ1v) is 15.8. The number of aliphatic hydroxyl groups excluding tert-OH is 2. The molecule has 4 N–H and O–H groups in total. The van der Waals surface area contributed by atoms with Crippen molar-refractivity contribution in [1.29, 1.82) is 0 Å². The van der Waals surface area contributed by atoms with E-state index in [1.807, 2.05) is 44.2 Å². The quantitative estimate of drug-likeness (QED) is 0.263. The number of para-hydroxylation sites is 1. The molecule has 1 aromatic carbocycles. The Morgan fingerprint density at radius 3 is 2.67 bits per heavy atom. The maximum absolute atomic E-state index is 14.2. The number of nitrogens with one attached hydrogen (secondary N) is 1. The number of carbonyl (C=O) groups is 3. The minimum absolute atomic E-state index is 0.00733. The molecule has 9 atom stereocenters. The molecule has 2 spiro atoms. The van der Waals surface area contributed by atoms with Crippen molar-refractivity contribution in [3.8, 4) is 5.69 Å². The molecule has 4 aliphatic carbocycles. The zero-order valence-electron chi connectivity index (χ0n) is 25.5. The molecule has 6 aliphatic rings. The number of Topliss-reactive ketones (excluding diaryl/α,β-unsaturated/α-hetero) is 1. The van der Waals surface area contributed by atoms with Crippen LogP contribution in [0.4, 0.5) is 0 Å². The van der Waals surface area contributed by atoms with Crippen molar-refractivity contribution in [2.45, 2.75) is 83.0 Å². The average Bonchev–Trinajstić information content (AvgIpc) is 3.54. The Morgan fingerprint density at radius 1 is 1.16 bits per heavy atom. The van der Waals surface area contributed by atoms with Crippen LogP contribution >= 0.6 is 0 Å². The van der Waals surface area contributed by atoms with Crippen molar-refractivity contribution in [2.75, 3.05) is 6.61 Å². The lowest BCUT2D eigenvalue weighted by molar-refractivity contribution is -0.458. The molecule has 6 fully saturated rings. The monoisotopic (exact) mass is 620 g/mol. The van der Waals surface area contributed by atoms with Crippen molar-refractivity contribution >= 4 is 17.7 Å². The van der Waals surface area contributed by atoms with Crippen LogP contribution in [-0.4, -0.2) is 78.7 Å². The number of rotatable bonds is 7. The minimum atomic E-state index is -2.33. The van der Waals surface area contributed by atoms with Gasteiger partial charge in [-0.2, -0.15) is 0 Å². The summed E-state index contributed by atoms with van der Waals surface area (Å²) >= 11 is 0. The fraction of sp³-hybridized carbons (Fsp3) is 0.606. The lowest BCUT2D eigenvalue weighted by Gasteiger charge is -2.74. The van der Waals surface area contributed by atoms with Crippen molar-refractivity contribution in [1.82, 2.24) is 20.3 Å². The largest absolute Gasteiger partial charge is 0.460 e. The van der Waals surface area contributed by atoms with E-state index in [1.54, 1.807) is 10.9 Å². The van der Waals surface area contributed by atoms with Crippen LogP contribution in [0.3, 0.4) is 0 Å². The molecular weight excluding hydrogens is 580 g/mol. The number of amides is 1. The van der Waals surface area contributed by atoms with E-state index in [1.165, 1.54) is 0 Å². The number of carbonyl (C=O) groups excluding carboxylic acids is 3. The van der Waals surface area contributed by atoms with Crippen molar-refractivity contribution in [2.24, 2.45) is 34.0 Å². The van der Waals surface area contributed by atoms with Crippen LogP contribution in [0.25, 0.3) is 5.69 Å². The average molecular weight is 621 g/mol. The van der Waals surface area contributed by atoms with Gasteiger partial charge in [0.05, 0.1) is 37.6 Å². The molecule has 1 amide bonds. The Balaban J connectivity index is 1.08. The highest BCUT2D eigenvalue weighted by Crippen LogP contribution is 2.76. The van der Waals surface area contributed by atoms with Gasteiger partial charge in [0.15, 0.2) is 5.78 Å². The van der Waals surface area contributed by atoms with E-state index in [-0.39, 0.29) is 31.6 Å². The fourth-order valence-electron chi connectivity index (χ4n) is 9.82. The predicted molar refractivity (Wildman–Crippen MR) is 157 cm³/mol. The Kier molecular flexibility index (Phi) is 6.90. The lowest BCUT2D eigenvalue weighted by atomic mass is 9.35. The van der Waals surface area contributed by atoms with Gasteiger partial charge in [0.2, 0.25) is 11.7 Å². The van der Waals surface area contributed by atoms with Gasteiger partial charge in [0.25, 0.3) is 0 Å². The third-order valence-corrected chi connectivity index (χ3v) is 11.7. The number of aliphatic hydroxyl groups is 3. The summed E-state index contributed by atoms with van der Waals surface area (Å²) < 4.78 is 13.7. The number of ether oxygens (including phenoxy) is 2. The molecule has 1 aromatic heterocycles. The van der Waals surface area contributed by atoms with Crippen LogP contribution in [0.2, 0.25) is 0 Å². The Hall–Kier alpha value is -3.45. The van der Waals surface area contributed by atoms with Gasteiger partial charge in [-0.25, -0.2) is 4.68 Å². The van der Waals surface area contributed by atoms with Crippen LogP contribution in [0.15, 0.2) is 48.7 Å². The number of fused-ring (bicyclic) bond motifs is 2.